The normalized spacial score (nSPS) is 18.6. The van der Waals surface area contributed by atoms with Gasteiger partial charge in [-0.1, -0.05) is 41.6 Å². The lowest BCUT2D eigenvalue weighted by molar-refractivity contribution is 0.100. The molecular formula is C22H22N6O3. The van der Waals surface area contributed by atoms with Gasteiger partial charge in [-0.3, -0.25) is 15.4 Å². The molecule has 2 aromatic carbocycles. The number of carbonyl (C=O) groups excluding carboxylic acids is 1. The highest BCUT2D eigenvalue weighted by molar-refractivity contribution is 6.10. The van der Waals surface area contributed by atoms with E-state index in [1.807, 2.05) is 24.3 Å². The van der Waals surface area contributed by atoms with E-state index in [1.54, 1.807) is 12.1 Å². The number of ether oxygens (including phenoxy) is 1. The Morgan fingerprint density at radius 2 is 2.06 bits per heavy atom. The van der Waals surface area contributed by atoms with E-state index >= 15 is 0 Å². The van der Waals surface area contributed by atoms with Gasteiger partial charge in [-0.2, -0.15) is 4.99 Å². The number of nitrogens with zero attached hydrogens (tertiary/aromatic N) is 2. The summed E-state index contributed by atoms with van der Waals surface area (Å²) in [6.45, 7) is 1.97. The molecule has 0 aliphatic carbocycles. The second-order valence-corrected chi connectivity index (χ2v) is 7.40. The Labute approximate surface area is 178 Å². The van der Waals surface area contributed by atoms with Crippen molar-refractivity contribution in [3.63, 3.8) is 0 Å². The van der Waals surface area contributed by atoms with E-state index in [2.05, 4.69) is 33.2 Å². The molecule has 3 heterocycles. The smallest absolute Gasteiger partial charge is 0.264 e. The molecule has 9 heteroatoms. The van der Waals surface area contributed by atoms with Crippen molar-refractivity contribution in [2.45, 2.75) is 19.2 Å². The van der Waals surface area contributed by atoms with Crippen LogP contribution in [-0.2, 0) is 11.3 Å². The van der Waals surface area contributed by atoms with Crippen LogP contribution < -0.4 is 21.7 Å². The molecule has 1 aromatic heterocycles. The third kappa shape index (κ3) is 3.88. The average Bonchev–Trinajstić information content (AvgIpc) is 3.13. The van der Waals surface area contributed by atoms with Gasteiger partial charge in [0.1, 0.15) is 11.3 Å². The monoisotopic (exact) mass is 418 g/mol. The first-order chi connectivity index (χ1) is 15.2. The molecule has 3 aromatic rings. The number of nitrogens with one attached hydrogen (secondary N) is 3. The number of hydrogen-bond donors (Lipinski definition) is 4. The molecule has 1 unspecified atom stereocenters. The minimum Gasteiger partial charge on any atom is -0.455 e. The van der Waals surface area contributed by atoms with Gasteiger partial charge >= 0.3 is 0 Å². The minimum atomic E-state index is -0.568. The number of carbonyl (C=O) groups is 1. The maximum Gasteiger partial charge on any atom is 0.264 e. The van der Waals surface area contributed by atoms with Gasteiger partial charge in [0.05, 0.1) is 17.6 Å². The van der Waals surface area contributed by atoms with Crippen molar-refractivity contribution in [3.05, 3.63) is 76.8 Å². The Hall–Kier alpha value is -3.69. The molecule has 2 aliphatic heterocycles. The summed E-state index contributed by atoms with van der Waals surface area (Å²) in [5.41, 5.74) is 8.42. The van der Waals surface area contributed by atoms with Crippen molar-refractivity contribution in [2.24, 2.45) is 10.7 Å². The van der Waals surface area contributed by atoms with E-state index in [4.69, 9.17) is 20.0 Å². The highest BCUT2D eigenvalue weighted by atomic mass is 16.5. The summed E-state index contributed by atoms with van der Waals surface area (Å²) in [6.07, 6.45) is 0.320. The summed E-state index contributed by atoms with van der Waals surface area (Å²) in [5, 5.41) is 14.7. The molecule has 31 heavy (non-hydrogen) atoms. The molecule has 1 amide bonds. The summed E-state index contributed by atoms with van der Waals surface area (Å²) < 4.78 is 11.8. The van der Waals surface area contributed by atoms with Crippen LogP contribution in [0.25, 0.3) is 10.9 Å². The van der Waals surface area contributed by atoms with Crippen LogP contribution in [0, 0.1) is 0 Å². The van der Waals surface area contributed by atoms with Crippen molar-refractivity contribution in [1.82, 2.24) is 21.1 Å². The van der Waals surface area contributed by atoms with Gasteiger partial charge in [0, 0.05) is 19.5 Å². The maximum atomic E-state index is 11.8. The highest BCUT2D eigenvalue weighted by Crippen LogP contribution is 2.26. The number of hydrogen-bond acceptors (Lipinski definition) is 8. The van der Waals surface area contributed by atoms with Crippen LogP contribution in [0.15, 0.2) is 69.4 Å². The molecule has 5 N–H and O–H groups in total. The largest absolute Gasteiger partial charge is 0.455 e. The maximum absolute atomic E-state index is 11.8. The lowest BCUT2D eigenvalue weighted by Gasteiger charge is -2.22. The first-order valence-electron chi connectivity index (χ1n) is 10.1. The fourth-order valence-corrected chi connectivity index (χ4v) is 3.75. The Kier molecular flexibility index (Phi) is 5.11. The molecule has 158 valence electrons. The molecule has 1 atom stereocenters. The summed E-state index contributed by atoms with van der Waals surface area (Å²) in [5.74, 6) is 0.850. The number of benzene rings is 2. The number of amides is 1. The third-order valence-corrected chi connectivity index (χ3v) is 5.30. The summed E-state index contributed by atoms with van der Waals surface area (Å²) in [4.78, 5) is 16.5. The van der Waals surface area contributed by atoms with Crippen LogP contribution >= 0.6 is 0 Å². The number of fused-ring (bicyclic) bond motifs is 1. The number of aromatic nitrogens is 1. The standard InChI is InChI=1S/C22H22N6O3/c23-20(29)16-8-4-7-15-18(16)28-31-19(15)22-27-21-14(11-24-12-26-21)9-17(30-22)25-10-13-5-2-1-3-6-13/h1-8,17,24-26H,9-12H2,(H2,23,29). The summed E-state index contributed by atoms with van der Waals surface area (Å²) >= 11 is 0. The second kappa shape index (κ2) is 8.21. The van der Waals surface area contributed by atoms with Crippen LogP contribution in [0.2, 0.25) is 0 Å². The van der Waals surface area contributed by atoms with E-state index in [9.17, 15) is 4.79 Å². The van der Waals surface area contributed by atoms with Crippen LogP contribution in [-0.4, -0.2) is 36.4 Å². The first kappa shape index (κ1) is 19.3. The van der Waals surface area contributed by atoms with E-state index < -0.39 is 5.91 Å². The number of rotatable bonds is 5. The Balaban J connectivity index is 1.50. The zero-order chi connectivity index (χ0) is 21.2. The fourth-order valence-electron chi connectivity index (χ4n) is 3.75. The van der Waals surface area contributed by atoms with Crippen molar-refractivity contribution < 1.29 is 14.1 Å². The molecule has 0 saturated carbocycles. The zero-order valence-corrected chi connectivity index (χ0v) is 16.7. The Bertz CT molecular complexity index is 1180. The SMILES string of the molecule is NC(=O)c1cccc2c(C3=NC4=C(CNCN4)CC(NCc4ccccc4)O3)onc12. The van der Waals surface area contributed by atoms with Crippen molar-refractivity contribution in [2.75, 3.05) is 13.2 Å². The van der Waals surface area contributed by atoms with Gasteiger partial charge in [-0.25, -0.2) is 0 Å². The third-order valence-electron chi connectivity index (χ3n) is 5.30. The lowest BCUT2D eigenvalue weighted by atomic mass is 10.1. The predicted octanol–water partition coefficient (Wildman–Crippen LogP) is 1.57. The Morgan fingerprint density at radius 1 is 1.19 bits per heavy atom. The first-order valence-corrected chi connectivity index (χ1v) is 10.1. The van der Waals surface area contributed by atoms with E-state index in [-0.39, 0.29) is 6.23 Å². The molecule has 0 saturated heterocycles. The van der Waals surface area contributed by atoms with Gasteiger partial charge < -0.3 is 20.3 Å². The Morgan fingerprint density at radius 3 is 2.90 bits per heavy atom. The molecule has 5 rings (SSSR count). The average molecular weight is 418 g/mol. The quantitative estimate of drug-likeness (QED) is 0.495. The van der Waals surface area contributed by atoms with E-state index in [1.165, 1.54) is 0 Å². The van der Waals surface area contributed by atoms with Crippen molar-refractivity contribution in [1.29, 1.82) is 0 Å². The van der Waals surface area contributed by atoms with Gasteiger partial charge in [-0.15, -0.1) is 0 Å². The van der Waals surface area contributed by atoms with E-state index in [0.717, 1.165) is 23.5 Å². The number of nitrogens with two attached hydrogens (primary N) is 1. The van der Waals surface area contributed by atoms with Crippen LogP contribution in [0.5, 0.6) is 0 Å². The van der Waals surface area contributed by atoms with E-state index in [0.29, 0.717) is 47.8 Å². The highest BCUT2D eigenvalue weighted by Gasteiger charge is 2.28. The summed E-state index contributed by atoms with van der Waals surface area (Å²) in [7, 11) is 0. The number of primary amides is 1. The van der Waals surface area contributed by atoms with Crippen molar-refractivity contribution in [3.8, 4) is 0 Å². The predicted molar refractivity (Wildman–Crippen MR) is 115 cm³/mol. The van der Waals surface area contributed by atoms with Gasteiger partial charge in [0.2, 0.25) is 5.76 Å². The van der Waals surface area contributed by atoms with Gasteiger partial charge in [-0.05, 0) is 23.3 Å². The minimum absolute atomic E-state index is 0.292. The van der Waals surface area contributed by atoms with Gasteiger partial charge in [0.15, 0.2) is 6.23 Å². The second-order valence-electron chi connectivity index (χ2n) is 7.40. The van der Waals surface area contributed by atoms with Crippen LogP contribution in [0.4, 0.5) is 0 Å². The summed E-state index contributed by atoms with van der Waals surface area (Å²) in [6, 6.07) is 15.3. The lowest BCUT2D eigenvalue weighted by Crippen LogP contribution is -2.38. The zero-order valence-electron chi connectivity index (χ0n) is 16.7. The number of aliphatic imine (C=N–C) groups is 1. The molecule has 9 nitrogen and oxygen atoms in total. The molecular weight excluding hydrogens is 396 g/mol. The van der Waals surface area contributed by atoms with Crippen LogP contribution in [0.1, 0.15) is 28.1 Å². The molecule has 0 bridgehead atoms. The molecule has 2 aliphatic rings. The molecule has 0 fully saturated rings. The van der Waals surface area contributed by atoms with Crippen LogP contribution in [0.3, 0.4) is 0 Å². The van der Waals surface area contributed by atoms with Crippen molar-refractivity contribution >= 4 is 22.7 Å². The molecule has 0 radical (unpaired) electrons. The molecule has 0 spiro atoms. The van der Waals surface area contributed by atoms with Gasteiger partial charge in [0.25, 0.3) is 11.8 Å². The topological polar surface area (TPSA) is 127 Å². The fraction of sp³-hybridized carbons (Fsp3) is 0.227.